The van der Waals surface area contributed by atoms with Crippen molar-refractivity contribution in [2.45, 2.75) is 232 Å². The van der Waals surface area contributed by atoms with E-state index in [2.05, 4.69) is 13.8 Å². The van der Waals surface area contributed by atoms with Gasteiger partial charge in [0.05, 0.1) is 13.2 Å². The molecular weight excluding hydrogens is 677 g/mol. The van der Waals surface area contributed by atoms with Crippen molar-refractivity contribution in [3.8, 4) is 0 Å². The number of rotatable bonds is 42. The van der Waals surface area contributed by atoms with Crippen LogP contribution >= 0.6 is 7.82 Å². The lowest BCUT2D eigenvalue weighted by Gasteiger charge is -2.19. The summed E-state index contributed by atoms with van der Waals surface area (Å²) in [6.45, 7) is 3.77. The number of hydrogen-bond donors (Lipinski definition) is 2. The van der Waals surface area contributed by atoms with Gasteiger partial charge in [0.2, 0.25) is 0 Å². The fourth-order valence-corrected chi connectivity index (χ4v) is 7.23. The minimum Gasteiger partial charge on any atom is -0.462 e. The van der Waals surface area contributed by atoms with Crippen molar-refractivity contribution in [3.63, 3.8) is 0 Å². The Hall–Kier alpha value is -0.990. The summed E-state index contributed by atoms with van der Waals surface area (Å²) in [4.78, 5) is 34.8. The van der Waals surface area contributed by atoms with E-state index in [1.54, 1.807) is 0 Å². The van der Waals surface area contributed by atoms with E-state index < -0.39 is 26.5 Å². The lowest BCUT2D eigenvalue weighted by atomic mass is 10.0. The summed E-state index contributed by atoms with van der Waals surface area (Å²) >= 11 is 0. The molecule has 0 bridgehead atoms. The average molecular weight is 762 g/mol. The van der Waals surface area contributed by atoms with Crippen LogP contribution in [-0.4, -0.2) is 49.3 Å². The zero-order valence-electron chi connectivity index (χ0n) is 34.1. The summed E-state index contributed by atoms with van der Waals surface area (Å²) in [6, 6.07) is 0. The van der Waals surface area contributed by atoms with E-state index in [9.17, 15) is 19.0 Å². The van der Waals surface area contributed by atoms with E-state index in [0.29, 0.717) is 6.42 Å². The third-order valence-electron chi connectivity index (χ3n) is 9.74. The normalized spacial score (nSPS) is 13.2. The summed E-state index contributed by atoms with van der Waals surface area (Å²) in [5, 5.41) is 0. The molecule has 2 atom stereocenters. The molecule has 0 fully saturated rings. The fourth-order valence-electron chi connectivity index (χ4n) is 6.46. The number of carbonyl (C=O) groups is 2. The van der Waals surface area contributed by atoms with Gasteiger partial charge in [-0.2, -0.15) is 0 Å². The van der Waals surface area contributed by atoms with Crippen LogP contribution < -0.4 is 5.73 Å². The highest BCUT2D eigenvalue weighted by Gasteiger charge is 2.26. The SMILES string of the molecule is CCCCCCCCCCCCCCCCCCCCC(=O)OC[C@@H](COP(=O)(O)OCCN)OC(=O)CCCCCCCCCCCCCCC. The van der Waals surface area contributed by atoms with Crippen LogP contribution in [0.4, 0.5) is 0 Å². The topological polar surface area (TPSA) is 134 Å². The first-order chi connectivity index (χ1) is 25.3. The van der Waals surface area contributed by atoms with E-state index in [0.717, 1.165) is 32.1 Å². The minimum atomic E-state index is -4.37. The highest BCUT2D eigenvalue weighted by atomic mass is 31.2. The molecule has 10 heteroatoms. The van der Waals surface area contributed by atoms with E-state index in [1.165, 1.54) is 161 Å². The molecule has 0 aromatic heterocycles. The van der Waals surface area contributed by atoms with Gasteiger partial charge in [0.25, 0.3) is 0 Å². The van der Waals surface area contributed by atoms with Crippen molar-refractivity contribution in [1.29, 1.82) is 0 Å². The molecule has 0 aliphatic heterocycles. The number of unbranched alkanes of at least 4 members (excludes halogenated alkanes) is 29. The molecule has 52 heavy (non-hydrogen) atoms. The van der Waals surface area contributed by atoms with Gasteiger partial charge in [0, 0.05) is 19.4 Å². The zero-order chi connectivity index (χ0) is 38.2. The molecule has 0 saturated heterocycles. The Balaban J connectivity index is 4.07. The Labute approximate surface area is 320 Å². The number of hydrogen-bond acceptors (Lipinski definition) is 8. The van der Waals surface area contributed by atoms with Crippen molar-refractivity contribution >= 4 is 19.8 Å². The van der Waals surface area contributed by atoms with Crippen molar-refractivity contribution in [3.05, 3.63) is 0 Å². The number of phosphoric acid groups is 1. The third-order valence-corrected chi connectivity index (χ3v) is 10.7. The van der Waals surface area contributed by atoms with Gasteiger partial charge < -0.3 is 20.1 Å². The van der Waals surface area contributed by atoms with Crippen LogP contribution in [0.15, 0.2) is 0 Å². The van der Waals surface area contributed by atoms with Crippen LogP contribution in [0.3, 0.4) is 0 Å². The van der Waals surface area contributed by atoms with Gasteiger partial charge in [0.15, 0.2) is 6.10 Å². The summed E-state index contributed by atoms with van der Waals surface area (Å²) in [7, 11) is -4.37. The number of ether oxygens (including phenoxy) is 2. The number of esters is 2. The Morgan fingerprint density at radius 3 is 1.17 bits per heavy atom. The molecule has 310 valence electrons. The summed E-state index contributed by atoms with van der Waals surface area (Å²) in [5.74, 6) is -0.813. The largest absolute Gasteiger partial charge is 0.472 e. The van der Waals surface area contributed by atoms with Gasteiger partial charge in [-0.3, -0.25) is 18.6 Å². The predicted molar refractivity (Wildman–Crippen MR) is 215 cm³/mol. The van der Waals surface area contributed by atoms with Crippen molar-refractivity contribution in [2.24, 2.45) is 5.73 Å². The van der Waals surface area contributed by atoms with Crippen LogP contribution in [0, 0.1) is 0 Å². The highest BCUT2D eigenvalue weighted by molar-refractivity contribution is 7.47. The van der Waals surface area contributed by atoms with Crippen molar-refractivity contribution in [1.82, 2.24) is 0 Å². The molecule has 9 nitrogen and oxygen atoms in total. The highest BCUT2D eigenvalue weighted by Crippen LogP contribution is 2.43. The molecule has 0 aromatic rings. The molecular formula is C42H84NO8P. The molecule has 0 heterocycles. The Morgan fingerprint density at radius 2 is 0.827 bits per heavy atom. The van der Waals surface area contributed by atoms with Gasteiger partial charge in [-0.05, 0) is 12.8 Å². The Morgan fingerprint density at radius 1 is 0.500 bits per heavy atom. The second-order valence-corrected chi connectivity index (χ2v) is 16.4. The van der Waals surface area contributed by atoms with E-state index in [1.807, 2.05) is 0 Å². The first-order valence-corrected chi connectivity index (χ1v) is 23.5. The zero-order valence-corrected chi connectivity index (χ0v) is 35.0. The quantitative estimate of drug-likeness (QED) is 0.0354. The van der Waals surface area contributed by atoms with Crippen LogP contribution in [-0.2, 0) is 32.7 Å². The van der Waals surface area contributed by atoms with Gasteiger partial charge in [-0.25, -0.2) is 4.57 Å². The van der Waals surface area contributed by atoms with Crippen LogP contribution in [0.1, 0.15) is 226 Å². The lowest BCUT2D eigenvalue weighted by molar-refractivity contribution is -0.161. The molecule has 0 radical (unpaired) electrons. The van der Waals surface area contributed by atoms with Gasteiger partial charge in [-0.1, -0.05) is 200 Å². The molecule has 0 saturated carbocycles. The minimum absolute atomic E-state index is 0.0580. The molecule has 0 aliphatic carbocycles. The monoisotopic (exact) mass is 762 g/mol. The number of phosphoric ester groups is 1. The van der Waals surface area contributed by atoms with Crippen LogP contribution in [0.5, 0.6) is 0 Å². The van der Waals surface area contributed by atoms with Crippen molar-refractivity contribution in [2.75, 3.05) is 26.4 Å². The van der Waals surface area contributed by atoms with E-state index in [-0.39, 0.29) is 38.6 Å². The first-order valence-electron chi connectivity index (χ1n) is 22.0. The molecule has 0 aromatic carbocycles. The van der Waals surface area contributed by atoms with Crippen molar-refractivity contribution < 1.29 is 37.6 Å². The molecule has 0 aliphatic rings. The maximum absolute atomic E-state index is 12.6. The maximum atomic E-state index is 12.6. The van der Waals surface area contributed by atoms with E-state index >= 15 is 0 Å². The summed E-state index contributed by atoms with van der Waals surface area (Å²) in [6.07, 6.45) is 38.4. The van der Waals surface area contributed by atoms with Crippen LogP contribution in [0.2, 0.25) is 0 Å². The smallest absolute Gasteiger partial charge is 0.462 e. The Bertz CT molecular complexity index is 830. The molecule has 0 rings (SSSR count). The second-order valence-electron chi connectivity index (χ2n) is 14.9. The fraction of sp³-hybridized carbons (Fsp3) is 0.952. The Kier molecular flexibility index (Phi) is 38.9. The summed E-state index contributed by atoms with van der Waals surface area (Å²) < 4.78 is 32.8. The second kappa shape index (κ2) is 39.7. The standard InChI is InChI=1S/C42H84NO8P/c1-3-5-7-9-11-13-15-17-18-19-20-21-23-24-26-28-30-32-34-41(44)48-38-40(39-50-52(46,47)49-37-36-43)51-42(45)35-33-31-29-27-25-22-16-14-12-10-8-6-4-2/h40H,3-39,43H2,1-2H3,(H,46,47)/t40-/m0/s1. The van der Waals surface area contributed by atoms with Crippen LogP contribution in [0.25, 0.3) is 0 Å². The first kappa shape index (κ1) is 51.0. The molecule has 3 N–H and O–H groups in total. The molecule has 0 spiro atoms. The summed E-state index contributed by atoms with van der Waals surface area (Å²) in [5.41, 5.74) is 5.34. The van der Waals surface area contributed by atoms with Gasteiger partial charge >= 0.3 is 19.8 Å². The van der Waals surface area contributed by atoms with Gasteiger partial charge in [0.1, 0.15) is 6.61 Å². The number of carbonyl (C=O) groups excluding carboxylic acids is 2. The third kappa shape index (κ3) is 38.7. The molecule has 1 unspecified atom stereocenters. The maximum Gasteiger partial charge on any atom is 0.472 e. The lowest BCUT2D eigenvalue weighted by Crippen LogP contribution is -2.29. The van der Waals surface area contributed by atoms with Gasteiger partial charge in [-0.15, -0.1) is 0 Å². The molecule has 0 amide bonds. The average Bonchev–Trinajstić information content (AvgIpc) is 3.13. The number of nitrogens with two attached hydrogens (primary N) is 1. The predicted octanol–water partition coefficient (Wildman–Crippen LogP) is 12.4. The van der Waals surface area contributed by atoms with E-state index in [4.69, 9.17) is 24.3 Å².